The standard InChI is InChI=1S/C11H18ClN3O3/c1-2-3-4-5-9(16)6-7-14-8-10(15(17)18)13-11(14)12/h8-9,16H,2-7H2,1H3. The molecule has 0 fully saturated rings. The van der Waals surface area contributed by atoms with Crippen LogP contribution in [0.15, 0.2) is 6.20 Å². The van der Waals surface area contributed by atoms with Crippen molar-refractivity contribution in [1.82, 2.24) is 9.55 Å². The zero-order valence-electron chi connectivity index (χ0n) is 10.4. The molecule has 1 aromatic heterocycles. The molecule has 0 radical (unpaired) electrons. The van der Waals surface area contributed by atoms with Gasteiger partial charge in [0.1, 0.15) is 6.20 Å². The summed E-state index contributed by atoms with van der Waals surface area (Å²) in [5.74, 6) is -0.263. The third kappa shape index (κ3) is 4.62. The number of hydrogen-bond donors (Lipinski definition) is 1. The molecule has 0 saturated heterocycles. The smallest absolute Gasteiger partial charge is 0.383 e. The minimum atomic E-state index is -0.583. The second-order valence-corrected chi connectivity index (χ2v) is 4.59. The Morgan fingerprint density at radius 3 is 2.83 bits per heavy atom. The van der Waals surface area contributed by atoms with E-state index in [2.05, 4.69) is 11.9 Å². The first-order valence-electron chi connectivity index (χ1n) is 6.09. The Kier molecular flexibility index (Phi) is 6.07. The summed E-state index contributed by atoms with van der Waals surface area (Å²) in [6.07, 6.45) is 5.39. The number of aromatic nitrogens is 2. The maximum absolute atomic E-state index is 10.5. The van der Waals surface area contributed by atoms with Crippen molar-refractivity contribution in [2.24, 2.45) is 0 Å². The van der Waals surface area contributed by atoms with Crippen LogP contribution < -0.4 is 0 Å². The summed E-state index contributed by atoms with van der Waals surface area (Å²) in [5.41, 5.74) is 0. The molecule has 6 nitrogen and oxygen atoms in total. The van der Waals surface area contributed by atoms with Crippen LogP contribution in [0, 0.1) is 10.1 Å². The maximum Gasteiger partial charge on any atom is 0.383 e. The Morgan fingerprint density at radius 2 is 2.28 bits per heavy atom. The van der Waals surface area contributed by atoms with Crippen molar-refractivity contribution in [3.05, 3.63) is 21.6 Å². The molecule has 0 aliphatic heterocycles. The van der Waals surface area contributed by atoms with Crippen molar-refractivity contribution in [3.8, 4) is 0 Å². The number of nitrogens with zero attached hydrogens (tertiary/aromatic N) is 3. The Hall–Kier alpha value is -1.14. The van der Waals surface area contributed by atoms with Gasteiger partial charge in [-0.2, -0.15) is 0 Å². The fraction of sp³-hybridized carbons (Fsp3) is 0.727. The van der Waals surface area contributed by atoms with Crippen LogP contribution in [0.2, 0.25) is 5.28 Å². The molecular formula is C11H18ClN3O3. The first kappa shape index (κ1) is 14.9. The van der Waals surface area contributed by atoms with Gasteiger partial charge in [0, 0.05) is 6.54 Å². The monoisotopic (exact) mass is 275 g/mol. The van der Waals surface area contributed by atoms with Gasteiger partial charge in [-0.05, 0) is 34.3 Å². The topological polar surface area (TPSA) is 81.2 Å². The lowest BCUT2D eigenvalue weighted by atomic mass is 10.1. The fourth-order valence-electron chi connectivity index (χ4n) is 1.69. The summed E-state index contributed by atoms with van der Waals surface area (Å²) in [6.45, 7) is 2.55. The molecule has 1 unspecified atom stereocenters. The number of aliphatic hydroxyl groups is 1. The van der Waals surface area contributed by atoms with E-state index in [9.17, 15) is 15.2 Å². The number of unbranched alkanes of at least 4 members (excludes halogenated alkanes) is 2. The first-order valence-corrected chi connectivity index (χ1v) is 6.47. The largest absolute Gasteiger partial charge is 0.393 e. The quantitative estimate of drug-likeness (QED) is 0.449. The van der Waals surface area contributed by atoms with Gasteiger partial charge in [0.25, 0.3) is 0 Å². The van der Waals surface area contributed by atoms with Gasteiger partial charge in [0.15, 0.2) is 0 Å². The summed E-state index contributed by atoms with van der Waals surface area (Å²) in [7, 11) is 0. The summed E-state index contributed by atoms with van der Waals surface area (Å²) < 4.78 is 1.49. The van der Waals surface area contributed by atoms with E-state index in [1.807, 2.05) is 0 Å². The van der Waals surface area contributed by atoms with Crippen molar-refractivity contribution < 1.29 is 10.0 Å². The van der Waals surface area contributed by atoms with Crippen LogP contribution in [0.25, 0.3) is 0 Å². The van der Waals surface area contributed by atoms with E-state index in [1.165, 1.54) is 10.8 Å². The summed E-state index contributed by atoms with van der Waals surface area (Å²) in [5, 5.41) is 20.3. The molecular weight excluding hydrogens is 258 g/mol. The average Bonchev–Trinajstić information content (AvgIpc) is 2.69. The van der Waals surface area contributed by atoms with Gasteiger partial charge in [-0.15, -0.1) is 0 Å². The van der Waals surface area contributed by atoms with E-state index in [0.717, 1.165) is 25.7 Å². The Labute approximate surface area is 111 Å². The summed E-state index contributed by atoms with van der Waals surface area (Å²) in [4.78, 5) is 13.5. The van der Waals surface area contributed by atoms with Crippen LogP contribution in [0.3, 0.4) is 0 Å². The Bertz CT molecular complexity index is 395. The minimum absolute atomic E-state index is 0.0856. The van der Waals surface area contributed by atoms with E-state index in [0.29, 0.717) is 13.0 Å². The number of aliphatic hydroxyl groups excluding tert-OH is 1. The van der Waals surface area contributed by atoms with E-state index >= 15 is 0 Å². The van der Waals surface area contributed by atoms with Crippen molar-refractivity contribution in [3.63, 3.8) is 0 Å². The number of nitro groups is 1. The van der Waals surface area contributed by atoms with Crippen LogP contribution in [0.4, 0.5) is 5.82 Å². The molecule has 0 saturated carbocycles. The lowest BCUT2D eigenvalue weighted by molar-refractivity contribution is -0.389. The Balaban J connectivity index is 2.40. The van der Waals surface area contributed by atoms with Gasteiger partial charge >= 0.3 is 11.1 Å². The maximum atomic E-state index is 10.5. The number of halogens is 1. The van der Waals surface area contributed by atoms with E-state index < -0.39 is 11.0 Å². The second kappa shape index (κ2) is 7.33. The highest BCUT2D eigenvalue weighted by molar-refractivity contribution is 6.28. The van der Waals surface area contributed by atoms with Gasteiger partial charge < -0.3 is 15.2 Å². The molecule has 102 valence electrons. The third-order valence-electron chi connectivity index (χ3n) is 2.75. The molecule has 0 aromatic carbocycles. The molecule has 7 heteroatoms. The minimum Gasteiger partial charge on any atom is -0.393 e. The number of hydrogen-bond acceptors (Lipinski definition) is 4. The molecule has 0 aliphatic carbocycles. The van der Waals surface area contributed by atoms with E-state index in [1.54, 1.807) is 0 Å². The molecule has 1 aromatic rings. The second-order valence-electron chi connectivity index (χ2n) is 4.26. The molecule has 0 spiro atoms. The van der Waals surface area contributed by atoms with Gasteiger partial charge in [-0.3, -0.25) is 4.57 Å². The lowest BCUT2D eigenvalue weighted by Gasteiger charge is -2.09. The fourth-order valence-corrected chi connectivity index (χ4v) is 1.91. The molecule has 0 amide bonds. The first-order chi connectivity index (χ1) is 8.54. The predicted octanol–water partition coefficient (Wildman–Crippen LogP) is 2.78. The molecule has 1 N–H and O–H groups in total. The molecule has 0 aliphatic rings. The number of imidazole rings is 1. The lowest BCUT2D eigenvalue weighted by Crippen LogP contribution is -2.10. The van der Waals surface area contributed by atoms with Crippen molar-refractivity contribution in [1.29, 1.82) is 0 Å². The predicted molar refractivity (Wildman–Crippen MR) is 68.7 cm³/mol. The van der Waals surface area contributed by atoms with E-state index in [-0.39, 0.29) is 11.1 Å². The van der Waals surface area contributed by atoms with Crippen LogP contribution in [0.1, 0.15) is 39.0 Å². The third-order valence-corrected chi connectivity index (χ3v) is 3.05. The summed E-state index contributed by atoms with van der Waals surface area (Å²) >= 11 is 5.77. The van der Waals surface area contributed by atoms with Crippen LogP contribution >= 0.6 is 11.6 Å². The van der Waals surface area contributed by atoms with Crippen molar-refractivity contribution in [2.75, 3.05) is 0 Å². The van der Waals surface area contributed by atoms with Gasteiger partial charge in [0.2, 0.25) is 0 Å². The Morgan fingerprint density at radius 1 is 1.56 bits per heavy atom. The molecule has 1 heterocycles. The van der Waals surface area contributed by atoms with Crippen LogP contribution in [-0.2, 0) is 6.54 Å². The van der Waals surface area contributed by atoms with Crippen molar-refractivity contribution >= 4 is 17.4 Å². The van der Waals surface area contributed by atoms with Crippen LogP contribution in [0.5, 0.6) is 0 Å². The van der Waals surface area contributed by atoms with Gasteiger partial charge in [-0.1, -0.05) is 26.2 Å². The number of aryl methyl sites for hydroxylation is 1. The zero-order chi connectivity index (χ0) is 13.5. The highest BCUT2D eigenvalue weighted by Gasteiger charge is 2.17. The number of rotatable bonds is 8. The average molecular weight is 276 g/mol. The molecule has 1 rings (SSSR count). The molecule has 1 atom stereocenters. The highest BCUT2D eigenvalue weighted by atomic mass is 35.5. The normalized spacial score (nSPS) is 12.6. The highest BCUT2D eigenvalue weighted by Crippen LogP contribution is 2.17. The van der Waals surface area contributed by atoms with Crippen molar-refractivity contribution in [2.45, 2.75) is 51.7 Å². The van der Waals surface area contributed by atoms with Gasteiger partial charge in [-0.25, -0.2) is 0 Å². The van der Waals surface area contributed by atoms with Gasteiger partial charge in [0.05, 0.1) is 6.10 Å². The molecule has 0 bridgehead atoms. The SMILES string of the molecule is CCCCCC(O)CCn1cc([N+](=O)[O-])nc1Cl. The summed E-state index contributed by atoms with van der Waals surface area (Å²) in [6, 6.07) is 0. The zero-order valence-corrected chi connectivity index (χ0v) is 11.1. The molecule has 18 heavy (non-hydrogen) atoms. The van der Waals surface area contributed by atoms with Crippen LogP contribution in [-0.4, -0.2) is 25.7 Å². The van der Waals surface area contributed by atoms with E-state index in [4.69, 9.17) is 11.6 Å².